The monoisotopic (exact) mass is 310 g/mol. The number of fused-ring (bicyclic) bond motifs is 4. The largest absolute Gasteiger partial charge is 0.377 e. The molecular formula is C22H30O. The Morgan fingerprint density at radius 3 is 2.78 bits per heavy atom. The first kappa shape index (κ1) is 15.5. The highest BCUT2D eigenvalue weighted by Crippen LogP contribution is 2.65. The van der Waals surface area contributed by atoms with E-state index in [1.54, 1.807) is 11.1 Å². The fraction of sp³-hybridized carbons (Fsp3) is 0.727. The molecule has 1 heteroatoms. The molecule has 0 aliphatic heterocycles. The van der Waals surface area contributed by atoms with E-state index in [1.807, 2.05) is 0 Å². The topological polar surface area (TPSA) is 20.2 Å². The number of rotatable bonds is 0. The van der Waals surface area contributed by atoms with Crippen LogP contribution in [0, 0.1) is 41.4 Å². The molecule has 0 bridgehead atoms. The van der Waals surface area contributed by atoms with Crippen molar-refractivity contribution < 1.29 is 5.11 Å². The summed E-state index contributed by atoms with van der Waals surface area (Å²) in [5, 5.41) is 11.0. The van der Waals surface area contributed by atoms with E-state index in [0.717, 1.165) is 43.4 Å². The van der Waals surface area contributed by atoms with Crippen molar-refractivity contribution in [3.63, 3.8) is 0 Å². The lowest BCUT2D eigenvalue weighted by Crippen LogP contribution is -2.52. The number of hydrogen-bond donors (Lipinski definition) is 1. The fourth-order valence-electron chi connectivity index (χ4n) is 6.82. The van der Waals surface area contributed by atoms with Crippen LogP contribution in [-0.4, -0.2) is 10.7 Å². The Kier molecular flexibility index (Phi) is 3.37. The average Bonchev–Trinajstić information content (AvgIpc) is 2.79. The van der Waals surface area contributed by atoms with Crippen LogP contribution in [0.3, 0.4) is 0 Å². The summed E-state index contributed by atoms with van der Waals surface area (Å²) in [6.07, 6.45) is 14.8. The van der Waals surface area contributed by atoms with Gasteiger partial charge in [-0.15, -0.1) is 6.42 Å². The van der Waals surface area contributed by atoms with Gasteiger partial charge in [-0.3, -0.25) is 0 Å². The van der Waals surface area contributed by atoms with E-state index >= 15 is 0 Å². The molecule has 4 aliphatic rings. The first-order valence-corrected chi connectivity index (χ1v) is 9.47. The normalized spacial score (nSPS) is 49.2. The Morgan fingerprint density at radius 2 is 2.04 bits per heavy atom. The van der Waals surface area contributed by atoms with Crippen molar-refractivity contribution in [1.82, 2.24) is 0 Å². The number of hydrogen-bond acceptors (Lipinski definition) is 1. The van der Waals surface area contributed by atoms with Gasteiger partial charge in [-0.25, -0.2) is 0 Å². The quantitative estimate of drug-likeness (QED) is 0.500. The van der Waals surface area contributed by atoms with Crippen molar-refractivity contribution in [2.45, 2.75) is 70.8 Å². The summed E-state index contributed by atoms with van der Waals surface area (Å²) in [5.74, 6) is 5.57. The van der Waals surface area contributed by atoms with Crippen molar-refractivity contribution in [3.8, 4) is 12.3 Å². The van der Waals surface area contributed by atoms with Crippen molar-refractivity contribution >= 4 is 0 Å². The minimum atomic E-state index is -0.877. The molecule has 4 aliphatic carbocycles. The lowest BCUT2D eigenvalue weighted by atomic mass is 9.50. The fourth-order valence-corrected chi connectivity index (χ4v) is 6.82. The average molecular weight is 310 g/mol. The molecule has 0 aromatic rings. The van der Waals surface area contributed by atoms with Gasteiger partial charge in [0.25, 0.3) is 0 Å². The summed E-state index contributed by atoms with van der Waals surface area (Å²) >= 11 is 0. The van der Waals surface area contributed by atoms with Crippen molar-refractivity contribution in [2.75, 3.05) is 0 Å². The van der Waals surface area contributed by atoms with E-state index in [0.29, 0.717) is 5.92 Å². The van der Waals surface area contributed by atoms with E-state index in [-0.39, 0.29) is 5.41 Å². The van der Waals surface area contributed by atoms with Crippen molar-refractivity contribution in [3.05, 3.63) is 23.3 Å². The smallest absolute Gasteiger partial charge is 0.130 e. The van der Waals surface area contributed by atoms with Crippen LogP contribution in [0.5, 0.6) is 0 Å². The zero-order chi connectivity index (χ0) is 16.4. The minimum absolute atomic E-state index is 0.0759. The van der Waals surface area contributed by atoms with Crippen molar-refractivity contribution in [2.24, 2.45) is 29.1 Å². The lowest BCUT2D eigenvalue weighted by molar-refractivity contribution is -0.0805. The van der Waals surface area contributed by atoms with Gasteiger partial charge in [-0.05, 0) is 75.0 Å². The molecule has 2 saturated carbocycles. The molecule has 0 spiro atoms. The predicted octanol–water partition coefficient (Wildman–Crippen LogP) is 4.87. The van der Waals surface area contributed by atoms with Gasteiger partial charge in [-0.2, -0.15) is 0 Å². The standard InChI is InChI=1S/C22H30O/c1-5-22(23)11-9-19-20-15(3)13-16-12-14(2)6-7-17(16)18(20)8-10-21(19,22)4/h1,15,18-20,23H,2,6-13H2,3-4H3/t15-,18-,19+,20-,21+,22-/m1/s1. The van der Waals surface area contributed by atoms with Crippen LogP contribution in [0.15, 0.2) is 23.3 Å². The van der Waals surface area contributed by atoms with Crippen LogP contribution in [0.2, 0.25) is 0 Å². The molecule has 1 N–H and O–H groups in total. The second-order valence-corrected chi connectivity index (χ2v) is 9.03. The van der Waals surface area contributed by atoms with Crippen LogP contribution in [-0.2, 0) is 0 Å². The zero-order valence-electron chi connectivity index (χ0n) is 14.7. The summed E-state index contributed by atoms with van der Waals surface area (Å²) in [6, 6.07) is 0. The van der Waals surface area contributed by atoms with Gasteiger partial charge in [-0.1, -0.05) is 43.1 Å². The lowest BCUT2D eigenvalue weighted by Gasteiger charge is -2.55. The first-order valence-electron chi connectivity index (χ1n) is 9.47. The Labute approximate surface area is 141 Å². The maximum absolute atomic E-state index is 11.0. The summed E-state index contributed by atoms with van der Waals surface area (Å²) in [4.78, 5) is 0. The molecule has 0 unspecified atom stereocenters. The highest BCUT2D eigenvalue weighted by atomic mass is 16.3. The SMILES string of the molecule is C#C[C@@]1(O)CC[C@H]2[C@@H]3[C@H](C)CC4=C(CCC(=C)C4)[C@H]3CC[C@@]21C. The third-order valence-electron chi connectivity index (χ3n) is 8.06. The summed E-state index contributed by atoms with van der Waals surface area (Å²) < 4.78 is 0. The molecule has 6 atom stereocenters. The first-order chi connectivity index (χ1) is 10.9. The van der Waals surface area contributed by atoms with E-state index in [2.05, 4.69) is 26.3 Å². The Bertz CT molecular complexity index is 620. The van der Waals surface area contributed by atoms with Crippen LogP contribution in [0.1, 0.15) is 65.2 Å². The summed E-state index contributed by atoms with van der Waals surface area (Å²) in [5.41, 5.74) is 3.96. The van der Waals surface area contributed by atoms with Gasteiger partial charge in [0.05, 0.1) is 0 Å². The number of allylic oxidation sites excluding steroid dienone is 3. The molecule has 0 saturated heterocycles. The molecular weight excluding hydrogens is 280 g/mol. The van der Waals surface area contributed by atoms with E-state index < -0.39 is 5.60 Å². The molecule has 1 nitrogen and oxygen atoms in total. The summed E-state index contributed by atoms with van der Waals surface area (Å²) in [6.45, 7) is 8.96. The van der Waals surface area contributed by atoms with Gasteiger partial charge < -0.3 is 5.11 Å². The molecule has 0 radical (unpaired) electrons. The predicted molar refractivity (Wildman–Crippen MR) is 94.6 cm³/mol. The second kappa shape index (κ2) is 5.00. The van der Waals surface area contributed by atoms with Gasteiger partial charge in [0, 0.05) is 5.41 Å². The van der Waals surface area contributed by atoms with E-state index in [9.17, 15) is 5.11 Å². The van der Waals surface area contributed by atoms with Crippen LogP contribution < -0.4 is 0 Å². The second-order valence-electron chi connectivity index (χ2n) is 9.03. The van der Waals surface area contributed by atoms with E-state index in [1.165, 1.54) is 31.3 Å². The molecule has 2 fully saturated rings. The third-order valence-corrected chi connectivity index (χ3v) is 8.06. The molecule has 0 aromatic heterocycles. The van der Waals surface area contributed by atoms with Gasteiger partial charge in [0.1, 0.15) is 5.60 Å². The molecule has 0 amide bonds. The third kappa shape index (κ3) is 1.97. The van der Waals surface area contributed by atoms with Crippen LogP contribution in [0.25, 0.3) is 0 Å². The highest BCUT2D eigenvalue weighted by molar-refractivity contribution is 5.33. The molecule has 4 rings (SSSR count). The molecule has 23 heavy (non-hydrogen) atoms. The maximum Gasteiger partial charge on any atom is 0.130 e. The van der Waals surface area contributed by atoms with Crippen LogP contribution in [0.4, 0.5) is 0 Å². The maximum atomic E-state index is 11.0. The molecule has 0 heterocycles. The van der Waals surface area contributed by atoms with Crippen molar-refractivity contribution in [1.29, 1.82) is 0 Å². The number of terminal acetylenes is 1. The number of aliphatic hydroxyl groups is 1. The molecule has 0 aromatic carbocycles. The van der Waals surface area contributed by atoms with Gasteiger partial charge >= 0.3 is 0 Å². The minimum Gasteiger partial charge on any atom is -0.377 e. The Morgan fingerprint density at radius 1 is 1.26 bits per heavy atom. The Balaban J connectivity index is 1.72. The van der Waals surface area contributed by atoms with Crippen LogP contribution >= 0.6 is 0 Å². The van der Waals surface area contributed by atoms with Gasteiger partial charge in [0.15, 0.2) is 0 Å². The van der Waals surface area contributed by atoms with Gasteiger partial charge in [0.2, 0.25) is 0 Å². The highest BCUT2D eigenvalue weighted by Gasteiger charge is 2.62. The molecule has 124 valence electrons. The van der Waals surface area contributed by atoms with E-state index in [4.69, 9.17) is 6.42 Å². The Hall–Kier alpha value is -1.00. The zero-order valence-corrected chi connectivity index (χ0v) is 14.7. The summed E-state index contributed by atoms with van der Waals surface area (Å²) in [7, 11) is 0.